The van der Waals surface area contributed by atoms with Crippen LogP contribution in [0.3, 0.4) is 0 Å². The zero-order valence-corrected chi connectivity index (χ0v) is 17.1. The summed E-state index contributed by atoms with van der Waals surface area (Å²) in [5.74, 6) is 2.90. The molecule has 1 atom stereocenters. The highest BCUT2D eigenvalue weighted by Crippen LogP contribution is 2.24. The van der Waals surface area contributed by atoms with Gasteiger partial charge in [0, 0.05) is 24.9 Å². The maximum absolute atomic E-state index is 12.3. The van der Waals surface area contributed by atoms with E-state index < -0.39 is 6.10 Å². The van der Waals surface area contributed by atoms with E-state index in [1.165, 1.54) is 0 Å². The third-order valence-electron chi connectivity index (χ3n) is 4.27. The van der Waals surface area contributed by atoms with Crippen LogP contribution in [-0.2, 0) is 11.3 Å². The molecule has 1 heterocycles. The molecule has 0 saturated heterocycles. The van der Waals surface area contributed by atoms with Gasteiger partial charge in [0.15, 0.2) is 6.10 Å². The Morgan fingerprint density at radius 3 is 2.30 bits per heavy atom. The molecule has 3 aromatic rings. The topological polar surface area (TPSA) is 78.9 Å². The SMILES string of the molecule is COc1ccc(OC(C)C(=O)NCc2ccc(Oc3cccc(OC)c3)nc2)cc1. The van der Waals surface area contributed by atoms with Crippen molar-refractivity contribution in [2.75, 3.05) is 14.2 Å². The number of ether oxygens (including phenoxy) is 4. The van der Waals surface area contributed by atoms with Crippen molar-refractivity contribution >= 4 is 5.91 Å². The Labute approximate surface area is 175 Å². The molecule has 2 aromatic carbocycles. The molecule has 0 aliphatic rings. The molecule has 3 rings (SSSR count). The van der Waals surface area contributed by atoms with Crippen molar-refractivity contribution in [1.29, 1.82) is 0 Å². The van der Waals surface area contributed by atoms with E-state index in [1.807, 2.05) is 24.3 Å². The molecule has 156 valence electrons. The highest BCUT2D eigenvalue weighted by molar-refractivity contribution is 5.80. The molecule has 7 heteroatoms. The van der Waals surface area contributed by atoms with Crippen LogP contribution >= 0.6 is 0 Å². The first-order valence-electron chi connectivity index (χ1n) is 9.42. The highest BCUT2D eigenvalue weighted by atomic mass is 16.5. The highest BCUT2D eigenvalue weighted by Gasteiger charge is 2.14. The van der Waals surface area contributed by atoms with Crippen molar-refractivity contribution < 1.29 is 23.7 Å². The standard InChI is InChI=1S/C23H24N2O5/c1-16(29-19-10-8-18(27-2)9-11-19)23(26)25-15-17-7-12-22(24-14-17)30-21-6-4-5-20(13-21)28-3/h4-14,16H,15H2,1-3H3,(H,25,26). The monoisotopic (exact) mass is 408 g/mol. The van der Waals surface area contributed by atoms with Crippen LogP contribution in [0.15, 0.2) is 66.9 Å². The van der Waals surface area contributed by atoms with Crippen molar-refractivity contribution in [1.82, 2.24) is 10.3 Å². The average Bonchev–Trinajstić information content (AvgIpc) is 2.79. The minimum atomic E-state index is -0.637. The van der Waals surface area contributed by atoms with Gasteiger partial charge in [0.1, 0.15) is 23.0 Å². The van der Waals surface area contributed by atoms with Crippen LogP contribution < -0.4 is 24.3 Å². The summed E-state index contributed by atoms with van der Waals surface area (Å²) < 4.78 is 21.7. The minimum absolute atomic E-state index is 0.220. The van der Waals surface area contributed by atoms with Crippen molar-refractivity contribution in [3.63, 3.8) is 0 Å². The number of carbonyl (C=O) groups is 1. The van der Waals surface area contributed by atoms with E-state index in [0.717, 1.165) is 11.3 Å². The molecular formula is C23H24N2O5. The van der Waals surface area contributed by atoms with E-state index in [9.17, 15) is 4.79 Å². The van der Waals surface area contributed by atoms with Gasteiger partial charge in [-0.15, -0.1) is 0 Å². The van der Waals surface area contributed by atoms with Gasteiger partial charge in [-0.2, -0.15) is 0 Å². The first-order valence-corrected chi connectivity index (χ1v) is 9.42. The van der Waals surface area contributed by atoms with E-state index in [2.05, 4.69) is 10.3 Å². The number of rotatable bonds is 9. The van der Waals surface area contributed by atoms with Crippen LogP contribution in [0.2, 0.25) is 0 Å². The molecule has 0 aliphatic carbocycles. The quantitative estimate of drug-likeness (QED) is 0.577. The fourth-order valence-corrected chi connectivity index (χ4v) is 2.61. The van der Waals surface area contributed by atoms with Crippen molar-refractivity contribution in [2.45, 2.75) is 19.6 Å². The molecule has 0 fully saturated rings. The Balaban J connectivity index is 1.49. The predicted octanol–water partition coefficient (Wildman–Crippen LogP) is 3.97. The Hall–Kier alpha value is -3.74. The Morgan fingerprint density at radius 1 is 0.933 bits per heavy atom. The molecule has 1 amide bonds. The number of methoxy groups -OCH3 is 2. The van der Waals surface area contributed by atoms with Gasteiger partial charge < -0.3 is 24.3 Å². The second-order valence-corrected chi connectivity index (χ2v) is 6.44. The molecule has 0 bridgehead atoms. The zero-order valence-electron chi connectivity index (χ0n) is 17.1. The Morgan fingerprint density at radius 2 is 1.63 bits per heavy atom. The molecule has 1 aromatic heterocycles. The van der Waals surface area contributed by atoms with Crippen LogP contribution in [0.5, 0.6) is 28.9 Å². The lowest BCUT2D eigenvalue weighted by Gasteiger charge is -2.15. The molecule has 30 heavy (non-hydrogen) atoms. The van der Waals surface area contributed by atoms with Crippen LogP contribution in [0.25, 0.3) is 0 Å². The molecule has 0 aliphatic heterocycles. The molecule has 0 saturated carbocycles. The van der Waals surface area contributed by atoms with Crippen LogP contribution in [0, 0.1) is 0 Å². The lowest BCUT2D eigenvalue weighted by molar-refractivity contribution is -0.127. The van der Waals surface area contributed by atoms with E-state index >= 15 is 0 Å². The van der Waals surface area contributed by atoms with Gasteiger partial charge in [-0.25, -0.2) is 4.98 Å². The molecule has 1 N–H and O–H groups in total. The number of amides is 1. The summed E-state index contributed by atoms with van der Waals surface area (Å²) in [4.78, 5) is 16.6. The third kappa shape index (κ3) is 5.88. The lowest BCUT2D eigenvalue weighted by Crippen LogP contribution is -2.35. The molecule has 0 spiro atoms. The molecular weight excluding hydrogens is 384 g/mol. The fourth-order valence-electron chi connectivity index (χ4n) is 2.61. The number of aromatic nitrogens is 1. The predicted molar refractivity (Wildman–Crippen MR) is 112 cm³/mol. The smallest absolute Gasteiger partial charge is 0.261 e. The van der Waals surface area contributed by atoms with Gasteiger partial charge in [-0.05, 0) is 48.9 Å². The maximum Gasteiger partial charge on any atom is 0.261 e. The van der Waals surface area contributed by atoms with Crippen molar-refractivity contribution in [3.8, 4) is 28.9 Å². The normalized spacial score (nSPS) is 11.3. The number of hydrogen-bond acceptors (Lipinski definition) is 6. The maximum atomic E-state index is 12.3. The summed E-state index contributed by atoms with van der Waals surface area (Å²) in [5, 5.41) is 2.84. The van der Waals surface area contributed by atoms with Gasteiger partial charge in [0.05, 0.1) is 14.2 Å². The molecule has 0 radical (unpaired) electrons. The van der Waals surface area contributed by atoms with Gasteiger partial charge in [-0.1, -0.05) is 12.1 Å². The van der Waals surface area contributed by atoms with Crippen molar-refractivity contribution in [2.24, 2.45) is 0 Å². The average molecular weight is 408 g/mol. The molecule has 7 nitrogen and oxygen atoms in total. The van der Waals surface area contributed by atoms with E-state index in [4.69, 9.17) is 18.9 Å². The summed E-state index contributed by atoms with van der Waals surface area (Å²) in [7, 11) is 3.20. The summed E-state index contributed by atoms with van der Waals surface area (Å²) >= 11 is 0. The Bertz CT molecular complexity index is 958. The van der Waals surface area contributed by atoms with E-state index in [1.54, 1.807) is 63.7 Å². The number of nitrogens with one attached hydrogen (secondary N) is 1. The van der Waals surface area contributed by atoms with E-state index in [-0.39, 0.29) is 5.91 Å². The second-order valence-electron chi connectivity index (χ2n) is 6.44. The summed E-state index contributed by atoms with van der Waals surface area (Å²) in [6.07, 6.45) is 1.02. The van der Waals surface area contributed by atoms with Gasteiger partial charge in [-0.3, -0.25) is 4.79 Å². The Kier molecular flexibility index (Phi) is 7.10. The number of benzene rings is 2. The number of carbonyl (C=O) groups excluding carboxylic acids is 1. The first-order chi connectivity index (χ1) is 14.6. The third-order valence-corrected chi connectivity index (χ3v) is 4.27. The van der Waals surface area contributed by atoms with Gasteiger partial charge in [0.25, 0.3) is 5.91 Å². The van der Waals surface area contributed by atoms with Crippen molar-refractivity contribution in [3.05, 3.63) is 72.4 Å². The number of pyridine rings is 1. The largest absolute Gasteiger partial charge is 0.497 e. The fraction of sp³-hybridized carbons (Fsp3) is 0.217. The van der Waals surface area contributed by atoms with E-state index in [0.29, 0.717) is 29.7 Å². The zero-order chi connectivity index (χ0) is 21.3. The number of hydrogen-bond donors (Lipinski definition) is 1. The summed E-state index contributed by atoms with van der Waals surface area (Å²) in [6.45, 7) is 2.03. The molecule has 1 unspecified atom stereocenters. The van der Waals surface area contributed by atoms with Gasteiger partial charge >= 0.3 is 0 Å². The summed E-state index contributed by atoms with van der Waals surface area (Å²) in [5.41, 5.74) is 0.845. The van der Waals surface area contributed by atoms with Crippen LogP contribution in [-0.4, -0.2) is 31.2 Å². The summed E-state index contributed by atoms with van der Waals surface area (Å²) in [6, 6.07) is 17.9. The first kappa shape index (κ1) is 21.0. The lowest BCUT2D eigenvalue weighted by atomic mass is 10.2. The second kappa shape index (κ2) is 10.2. The minimum Gasteiger partial charge on any atom is -0.497 e. The number of nitrogens with zero attached hydrogens (tertiary/aromatic N) is 1. The van der Waals surface area contributed by atoms with Crippen LogP contribution in [0.1, 0.15) is 12.5 Å². The van der Waals surface area contributed by atoms with Gasteiger partial charge in [0.2, 0.25) is 5.88 Å². The van der Waals surface area contributed by atoms with Crippen LogP contribution in [0.4, 0.5) is 0 Å².